The van der Waals surface area contributed by atoms with Gasteiger partial charge in [0.2, 0.25) is 15.9 Å². The predicted molar refractivity (Wildman–Crippen MR) is 87.1 cm³/mol. The van der Waals surface area contributed by atoms with Crippen molar-refractivity contribution in [3.05, 3.63) is 24.3 Å². The second kappa shape index (κ2) is 6.40. The van der Waals surface area contributed by atoms with E-state index in [9.17, 15) is 18.0 Å². The number of nitrogens with zero attached hydrogens (tertiary/aromatic N) is 2. The quantitative estimate of drug-likeness (QED) is 0.817. The standard InChI is InChI=1S/C15H19N3O5S/c1-24(21,22)18-8-6-17(7-9-18)14(19)10-13-15(20)16-11-4-2-3-5-12(11)23-13/h2-5,13H,6-10H2,1H3,(H,16,20). The van der Waals surface area contributed by atoms with Gasteiger partial charge in [-0.3, -0.25) is 9.59 Å². The normalized spacial score (nSPS) is 21.6. The first kappa shape index (κ1) is 16.7. The van der Waals surface area contributed by atoms with Crippen LogP contribution in [0.15, 0.2) is 24.3 Å². The lowest BCUT2D eigenvalue weighted by atomic mass is 10.1. The van der Waals surface area contributed by atoms with Crippen molar-refractivity contribution in [1.82, 2.24) is 9.21 Å². The number of anilines is 1. The summed E-state index contributed by atoms with van der Waals surface area (Å²) in [5, 5.41) is 2.72. The number of rotatable bonds is 3. The Morgan fingerprint density at radius 3 is 2.58 bits per heavy atom. The summed E-state index contributed by atoms with van der Waals surface area (Å²) in [5.74, 6) is -0.0312. The summed E-state index contributed by atoms with van der Waals surface area (Å²) >= 11 is 0. The number of fused-ring (bicyclic) bond motifs is 1. The van der Waals surface area contributed by atoms with Crippen LogP contribution in [0.25, 0.3) is 0 Å². The summed E-state index contributed by atoms with van der Waals surface area (Å²) < 4.78 is 29.9. The van der Waals surface area contributed by atoms with E-state index in [1.54, 1.807) is 29.2 Å². The molecule has 1 aromatic rings. The van der Waals surface area contributed by atoms with Crippen LogP contribution in [0.3, 0.4) is 0 Å². The van der Waals surface area contributed by atoms with Crippen molar-refractivity contribution in [1.29, 1.82) is 0 Å². The lowest BCUT2D eigenvalue weighted by molar-refractivity contribution is -0.138. The smallest absolute Gasteiger partial charge is 0.266 e. The average molecular weight is 353 g/mol. The van der Waals surface area contributed by atoms with Gasteiger partial charge >= 0.3 is 0 Å². The predicted octanol–water partition coefficient (Wildman–Crippen LogP) is -0.120. The highest BCUT2D eigenvalue weighted by Gasteiger charge is 2.33. The number of para-hydroxylation sites is 2. The maximum absolute atomic E-state index is 12.4. The van der Waals surface area contributed by atoms with Crippen LogP contribution < -0.4 is 10.1 Å². The van der Waals surface area contributed by atoms with E-state index in [1.807, 2.05) is 0 Å². The SMILES string of the molecule is CS(=O)(=O)N1CCN(C(=O)CC2Oc3ccccc3NC2=O)CC1. The highest BCUT2D eigenvalue weighted by molar-refractivity contribution is 7.88. The third-order valence-corrected chi connectivity index (χ3v) is 5.43. The van der Waals surface area contributed by atoms with Crippen LogP contribution in [-0.2, 0) is 19.6 Å². The van der Waals surface area contributed by atoms with Crippen LogP contribution in [0.5, 0.6) is 5.75 Å². The Bertz CT molecular complexity index is 756. The number of carbonyl (C=O) groups excluding carboxylic acids is 2. The molecule has 0 radical (unpaired) electrons. The van der Waals surface area contributed by atoms with E-state index in [1.165, 1.54) is 4.31 Å². The Morgan fingerprint density at radius 2 is 1.92 bits per heavy atom. The molecule has 0 aliphatic carbocycles. The van der Waals surface area contributed by atoms with Crippen molar-refractivity contribution < 1.29 is 22.7 Å². The number of amides is 2. The molecule has 0 spiro atoms. The fraction of sp³-hybridized carbons (Fsp3) is 0.467. The van der Waals surface area contributed by atoms with E-state index >= 15 is 0 Å². The second-order valence-corrected chi connectivity index (χ2v) is 7.82. The van der Waals surface area contributed by atoms with E-state index in [0.29, 0.717) is 24.5 Å². The summed E-state index contributed by atoms with van der Waals surface area (Å²) in [4.78, 5) is 26.0. The molecule has 0 bridgehead atoms. The van der Waals surface area contributed by atoms with Crippen molar-refractivity contribution in [3.8, 4) is 5.75 Å². The highest BCUT2D eigenvalue weighted by Crippen LogP contribution is 2.29. The molecule has 1 saturated heterocycles. The van der Waals surface area contributed by atoms with Crippen LogP contribution in [-0.4, -0.2) is 68.0 Å². The summed E-state index contributed by atoms with van der Waals surface area (Å²) in [5.41, 5.74) is 0.591. The monoisotopic (exact) mass is 353 g/mol. The maximum Gasteiger partial charge on any atom is 0.266 e. The van der Waals surface area contributed by atoms with Crippen LogP contribution in [0.4, 0.5) is 5.69 Å². The van der Waals surface area contributed by atoms with Gasteiger partial charge in [0.25, 0.3) is 5.91 Å². The Labute approximate surface area is 140 Å². The first-order chi connectivity index (χ1) is 11.3. The fourth-order valence-corrected chi connectivity index (χ4v) is 3.61. The number of carbonyl (C=O) groups is 2. The number of ether oxygens (including phenoxy) is 1. The van der Waals surface area contributed by atoms with Crippen molar-refractivity contribution in [3.63, 3.8) is 0 Å². The fourth-order valence-electron chi connectivity index (χ4n) is 2.78. The minimum Gasteiger partial charge on any atom is -0.478 e. The van der Waals surface area contributed by atoms with E-state index in [-0.39, 0.29) is 31.3 Å². The molecule has 1 unspecified atom stereocenters. The lowest BCUT2D eigenvalue weighted by Gasteiger charge is -2.34. The van der Waals surface area contributed by atoms with E-state index in [2.05, 4.69) is 5.32 Å². The van der Waals surface area contributed by atoms with Crippen molar-refractivity contribution >= 4 is 27.5 Å². The van der Waals surface area contributed by atoms with Gasteiger partial charge in [-0.2, -0.15) is 4.31 Å². The number of sulfonamides is 1. The summed E-state index contributed by atoms with van der Waals surface area (Å²) in [7, 11) is -3.24. The molecule has 24 heavy (non-hydrogen) atoms. The zero-order chi connectivity index (χ0) is 17.3. The topological polar surface area (TPSA) is 96.0 Å². The minimum atomic E-state index is -3.24. The van der Waals surface area contributed by atoms with Crippen LogP contribution >= 0.6 is 0 Å². The molecule has 1 fully saturated rings. The van der Waals surface area contributed by atoms with Crippen LogP contribution in [0.1, 0.15) is 6.42 Å². The molecule has 2 aliphatic heterocycles. The van der Waals surface area contributed by atoms with Crippen molar-refractivity contribution in [2.45, 2.75) is 12.5 Å². The molecule has 8 nitrogen and oxygen atoms in total. The maximum atomic E-state index is 12.4. The molecule has 2 heterocycles. The lowest BCUT2D eigenvalue weighted by Crippen LogP contribution is -2.51. The minimum absolute atomic E-state index is 0.0704. The molecular weight excluding hydrogens is 334 g/mol. The van der Waals surface area contributed by atoms with Gasteiger partial charge in [-0.05, 0) is 12.1 Å². The summed E-state index contributed by atoms with van der Waals surface area (Å²) in [6.45, 7) is 1.17. The molecule has 9 heteroatoms. The Hall–Kier alpha value is -2.13. The number of benzene rings is 1. The van der Waals surface area contributed by atoms with Crippen LogP contribution in [0, 0.1) is 0 Å². The molecule has 130 valence electrons. The highest BCUT2D eigenvalue weighted by atomic mass is 32.2. The molecular formula is C15H19N3O5S. The first-order valence-corrected chi connectivity index (χ1v) is 9.49. The zero-order valence-corrected chi connectivity index (χ0v) is 14.1. The summed E-state index contributed by atoms with van der Waals surface area (Å²) in [6.07, 6.45) is 0.210. The molecule has 0 aromatic heterocycles. The van der Waals surface area contributed by atoms with Crippen molar-refractivity contribution in [2.75, 3.05) is 37.8 Å². The Morgan fingerprint density at radius 1 is 1.25 bits per heavy atom. The van der Waals surface area contributed by atoms with Gasteiger partial charge in [-0.15, -0.1) is 0 Å². The largest absolute Gasteiger partial charge is 0.478 e. The van der Waals surface area contributed by atoms with Crippen LogP contribution in [0.2, 0.25) is 0 Å². The van der Waals surface area contributed by atoms with Gasteiger partial charge in [0.05, 0.1) is 18.4 Å². The number of piperazine rings is 1. The average Bonchev–Trinajstić information content (AvgIpc) is 2.55. The number of nitrogens with one attached hydrogen (secondary N) is 1. The number of hydrogen-bond donors (Lipinski definition) is 1. The molecule has 3 rings (SSSR count). The zero-order valence-electron chi connectivity index (χ0n) is 13.3. The molecule has 1 aromatic carbocycles. The van der Waals surface area contributed by atoms with Gasteiger partial charge < -0.3 is 15.0 Å². The van der Waals surface area contributed by atoms with Crippen molar-refractivity contribution in [2.24, 2.45) is 0 Å². The second-order valence-electron chi connectivity index (χ2n) is 5.84. The first-order valence-electron chi connectivity index (χ1n) is 7.64. The molecule has 2 amide bonds. The molecule has 2 aliphatic rings. The van der Waals surface area contributed by atoms with E-state index < -0.39 is 16.1 Å². The van der Waals surface area contributed by atoms with Gasteiger partial charge in [0, 0.05) is 26.2 Å². The third-order valence-electron chi connectivity index (χ3n) is 4.13. The Balaban J connectivity index is 1.59. The molecule has 1 atom stereocenters. The van der Waals surface area contributed by atoms with Gasteiger partial charge in [-0.1, -0.05) is 12.1 Å². The van der Waals surface area contributed by atoms with Gasteiger partial charge in [-0.25, -0.2) is 8.42 Å². The van der Waals surface area contributed by atoms with Gasteiger partial charge in [0.15, 0.2) is 6.10 Å². The van der Waals surface area contributed by atoms with E-state index in [0.717, 1.165) is 6.26 Å². The summed E-state index contributed by atoms with van der Waals surface area (Å²) in [6, 6.07) is 7.04. The van der Waals surface area contributed by atoms with Gasteiger partial charge in [0.1, 0.15) is 5.75 Å². The third kappa shape index (κ3) is 3.51. The van der Waals surface area contributed by atoms with E-state index in [4.69, 9.17) is 4.74 Å². The molecule has 0 saturated carbocycles. The number of hydrogen-bond acceptors (Lipinski definition) is 5. The Kier molecular flexibility index (Phi) is 4.46. The molecule has 1 N–H and O–H groups in total.